The van der Waals surface area contributed by atoms with Crippen molar-refractivity contribution in [3.05, 3.63) is 53.2 Å². The van der Waals surface area contributed by atoms with Crippen molar-refractivity contribution in [2.75, 3.05) is 0 Å². The molecule has 0 saturated carbocycles. The Morgan fingerprint density at radius 3 is 2.65 bits per heavy atom. The largest absolute Gasteiger partial charge is 0.324 e. The van der Waals surface area contributed by atoms with Gasteiger partial charge < -0.3 is 5.73 Å². The molecule has 88 valence electrons. The van der Waals surface area contributed by atoms with Crippen LogP contribution in [0.4, 0.5) is 0 Å². The van der Waals surface area contributed by atoms with E-state index in [2.05, 4.69) is 11.1 Å². The molecule has 0 fully saturated rings. The molecular formula is C13H13ClN2S. The highest BCUT2D eigenvalue weighted by Gasteiger charge is 2.07. The molecule has 1 aromatic carbocycles. The molecule has 1 aromatic heterocycles. The second-order valence-electron chi connectivity index (χ2n) is 3.74. The highest BCUT2D eigenvalue weighted by atomic mass is 35.5. The number of pyridine rings is 1. The summed E-state index contributed by atoms with van der Waals surface area (Å²) in [6, 6.07) is 11.9. The first-order chi connectivity index (χ1) is 8.16. The van der Waals surface area contributed by atoms with Gasteiger partial charge in [0.05, 0.1) is 5.02 Å². The summed E-state index contributed by atoms with van der Waals surface area (Å²) in [6.45, 7) is 1.98. The number of aromatic nitrogens is 1. The van der Waals surface area contributed by atoms with E-state index in [9.17, 15) is 0 Å². The van der Waals surface area contributed by atoms with Crippen LogP contribution in [0.3, 0.4) is 0 Å². The molecule has 2 rings (SSSR count). The van der Waals surface area contributed by atoms with Crippen LogP contribution < -0.4 is 5.73 Å². The lowest BCUT2D eigenvalue weighted by atomic mass is 10.1. The number of nitrogens with zero attached hydrogens (tertiary/aromatic N) is 1. The van der Waals surface area contributed by atoms with Crippen molar-refractivity contribution in [3.63, 3.8) is 0 Å². The van der Waals surface area contributed by atoms with E-state index in [-0.39, 0.29) is 6.04 Å². The van der Waals surface area contributed by atoms with Gasteiger partial charge in [-0.05, 0) is 30.7 Å². The Hall–Kier alpha value is -1.03. The van der Waals surface area contributed by atoms with Crippen LogP contribution >= 0.6 is 23.4 Å². The van der Waals surface area contributed by atoms with Gasteiger partial charge in [-0.15, -0.1) is 0 Å². The molecule has 0 amide bonds. The lowest BCUT2D eigenvalue weighted by Gasteiger charge is -2.11. The third-order valence-electron chi connectivity index (χ3n) is 2.32. The lowest BCUT2D eigenvalue weighted by molar-refractivity contribution is 0.797. The lowest BCUT2D eigenvalue weighted by Crippen LogP contribution is -2.06. The molecular weight excluding hydrogens is 252 g/mol. The summed E-state index contributed by atoms with van der Waals surface area (Å²) >= 11 is 7.41. The van der Waals surface area contributed by atoms with Crippen molar-refractivity contribution < 1.29 is 0 Å². The summed E-state index contributed by atoms with van der Waals surface area (Å²) in [5.41, 5.74) is 7.07. The minimum atomic E-state index is 0.0194. The first-order valence-electron chi connectivity index (χ1n) is 5.31. The molecule has 0 spiro atoms. The molecule has 2 nitrogen and oxygen atoms in total. The van der Waals surface area contributed by atoms with E-state index in [0.29, 0.717) is 5.02 Å². The fraction of sp³-hybridized carbons (Fsp3) is 0.154. The van der Waals surface area contributed by atoms with E-state index in [1.54, 1.807) is 18.0 Å². The average Bonchev–Trinajstić information content (AvgIpc) is 2.32. The Bertz CT molecular complexity index is 497. The Morgan fingerprint density at radius 1 is 1.24 bits per heavy atom. The van der Waals surface area contributed by atoms with E-state index >= 15 is 0 Å². The first-order valence-corrected chi connectivity index (χ1v) is 6.50. The molecule has 2 aromatic rings. The van der Waals surface area contributed by atoms with E-state index in [0.717, 1.165) is 15.5 Å². The standard InChI is InChI=1S/C13H13ClN2S/c1-9(15)11-4-2-3-5-12(11)17-13-7-6-10(14)8-16-13/h2-9H,15H2,1H3. The third-order valence-corrected chi connectivity index (χ3v) is 3.59. The van der Waals surface area contributed by atoms with E-state index < -0.39 is 0 Å². The molecule has 1 unspecified atom stereocenters. The Balaban J connectivity index is 2.26. The van der Waals surface area contributed by atoms with Gasteiger partial charge in [-0.3, -0.25) is 0 Å². The fourth-order valence-corrected chi connectivity index (χ4v) is 2.58. The van der Waals surface area contributed by atoms with Crippen LogP contribution in [0.5, 0.6) is 0 Å². The Morgan fingerprint density at radius 2 is 2.00 bits per heavy atom. The predicted molar refractivity (Wildman–Crippen MR) is 72.4 cm³/mol. The van der Waals surface area contributed by atoms with Gasteiger partial charge in [0.2, 0.25) is 0 Å². The molecule has 2 N–H and O–H groups in total. The van der Waals surface area contributed by atoms with Crippen molar-refractivity contribution in [2.24, 2.45) is 5.73 Å². The van der Waals surface area contributed by atoms with Gasteiger partial charge in [-0.2, -0.15) is 0 Å². The van der Waals surface area contributed by atoms with Gasteiger partial charge in [0.1, 0.15) is 5.03 Å². The zero-order valence-electron chi connectivity index (χ0n) is 9.43. The van der Waals surface area contributed by atoms with Crippen LogP contribution in [0.1, 0.15) is 18.5 Å². The summed E-state index contributed by atoms with van der Waals surface area (Å²) < 4.78 is 0. The molecule has 17 heavy (non-hydrogen) atoms. The van der Waals surface area contributed by atoms with Crippen molar-refractivity contribution >= 4 is 23.4 Å². The summed E-state index contributed by atoms with van der Waals surface area (Å²) in [6.07, 6.45) is 1.65. The van der Waals surface area contributed by atoms with Gasteiger partial charge in [-0.25, -0.2) is 4.98 Å². The molecule has 0 saturated heterocycles. The van der Waals surface area contributed by atoms with Crippen molar-refractivity contribution in [2.45, 2.75) is 22.9 Å². The molecule has 0 aliphatic carbocycles. The zero-order valence-corrected chi connectivity index (χ0v) is 11.0. The Kier molecular flexibility index (Phi) is 4.05. The maximum absolute atomic E-state index is 5.94. The quantitative estimate of drug-likeness (QED) is 0.914. The number of hydrogen-bond donors (Lipinski definition) is 1. The van der Waals surface area contributed by atoms with Gasteiger partial charge in [0.15, 0.2) is 0 Å². The van der Waals surface area contributed by atoms with Crippen LogP contribution in [-0.4, -0.2) is 4.98 Å². The minimum absolute atomic E-state index is 0.0194. The van der Waals surface area contributed by atoms with Crippen molar-refractivity contribution in [1.82, 2.24) is 4.98 Å². The topological polar surface area (TPSA) is 38.9 Å². The highest BCUT2D eigenvalue weighted by molar-refractivity contribution is 7.99. The molecule has 4 heteroatoms. The van der Waals surface area contributed by atoms with Crippen molar-refractivity contribution in [3.8, 4) is 0 Å². The molecule has 0 aliphatic heterocycles. The monoisotopic (exact) mass is 264 g/mol. The van der Waals surface area contributed by atoms with Crippen LogP contribution in [-0.2, 0) is 0 Å². The fourth-order valence-electron chi connectivity index (χ4n) is 1.48. The van der Waals surface area contributed by atoms with Crippen LogP contribution in [0.25, 0.3) is 0 Å². The number of nitrogens with two attached hydrogens (primary N) is 1. The summed E-state index contributed by atoms with van der Waals surface area (Å²) in [5.74, 6) is 0. The molecule has 0 radical (unpaired) electrons. The second-order valence-corrected chi connectivity index (χ2v) is 5.24. The SMILES string of the molecule is CC(N)c1ccccc1Sc1ccc(Cl)cn1. The Labute approximate surface area is 110 Å². The minimum Gasteiger partial charge on any atom is -0.324 e. The van der Waals surface area contributed by atoms with E-state index in [1.807, 2.05) is 37.3 Å². The number of benzene rings is 1. The summed E-state index contributed by atoms with van der Waals surface area (Å²) in [5, 5.41) is 1.57. The molecule has 1 atom stereocenters. The smallest absolute Gasteiger partial charge is 0.101 e. The van der Waals surface area contributed by atoms with Gasteiger partial charge in [0.25, 0.3) is 0 Å². The van der Waals surface area contributed by atoms with Gasteiger partial charge in [0, 0.05) is 17.1 Å². The molecule has 0 bridgehead atoms. The zero-order chi connectivity index (χ0) is 12.3. The van der Waals surface area contributed by atoms with E-state index in [4.69, 9.17) is 17.3 Å². The predicted octanol–water partition coefficient (Wildman–Crippen LogP) is 3.91. The summed E-state index contributed by atoms with van der Waals surface area (Å²) in [4.78, 5) is 5.40. The van der Waals surface area contributed by atoms with Crippen molar-refractivity contribution in [1.29, 1.82) is 0 Å². The van der Waals surface area contributed by atoms with Crippen LogP contribution in [0.2, 0.25) is 5.02 Å². The second kappa shape index (κ2) is 5.54. The number of hydrogen-bond acceptors (Lipinski definition) is 3. The number of rotatable bonds is 3. The van der Waals surface area contributed by atoms with Crippen LogP contribution in [0.15, 0.2) is 52.5 Å². The van der Waals surface area contributed by atoms with E-state index in [1.165, 1.54) is 0 Å². The maximum atomic E-state index is 5.94. The summed E-state index contributed by atoms with van der Waals surface area (Å²) in [7, 11) is 0. The maximum Gasteiger partial charge on any atom is 0.101 e. The third kappa shape index (κ3) is 3.22. The normalized spacial score (nSPS) is 12.4. The molecule has 1 heterocycles. The highest BCUT2D eigenvalue weighted by Crippen LogP contribution is 2.31. The van der Waals surface area contributed by atoms with Crippen LogP contribution in [0, 0.1) is 0 Å². The van der Waals surface area contributed by atoms with Gasteiger partial charge >= 0.3 is 0 Å². The van der Waals surface area contributed by atoms with Gasteiger partial charge in [-0.1, -0.05) is 41.6 Å². The number of halogens is 1. The first kappa shape index (κ1) is 12.4. The average molecular weight is 265 g/mol. The molecule has 0 aliphatic rings.